The van der Waals surface area contributed by atoms with Crippen LogP contribution in [0.4, 0.5) is 0 Å². The number of nitrogens with zero attached hydrogens (tertiary/aromatic N) is 1. The molecule has 1 aliphatic heterocycles. The van der Waals surface area contributed by atoms with Crippen molar-refractivity contribution in [2.24, 2.45) is 11.8 Å². The number of hydrogen-bond acceptors (Lipinski definition) is 3. The molecule has 1 fully saturated rings. The topological polar surface area (TPSA) is 15.3 Å². The summed E-state index contributed by atoms with van der Waals surface area (Å²) in [7, 11) is 0. The molecule has 1 N–H and O–H groups in total. The average molecular weight is 244 g/mol. The number of hydrogen-bond donors (Lipinski definition) is 1. The summed E-state index contributed by atoms with van der Waals surface area (Å²) in [5, 5.41) is 3.66. The molecule has 0 aromatic rings. The summed E-state index contributed by atoms with van der Waals surface area (Å²) in [6.45, 7) is 11.9. The highest BCUT2D eigenvalue weighted by atomic mass is 32.2. The van der Waals surface area contributed by atoms with Crippen LogP contribution in [0, 0.1) is 11.8 Å². The number of nitrogens with one attached hydrogen (secondary N) is 1. The Labute approximate surface area is 106 Å². The van der Waals surface area contributed by atoms with Gasteiger partial charge in [0.2, 0.25) is 0 Å². The largest absolute Gasteiger partial charge is 0.311 e. The fourth-order valence-electron chi connectivity index (χ4n) is 2.45. The van der Waals surface area contributed by atoms with Crippen molar-refractivity contribution in [2.45, 2.75) is 33.2 Å². The Balaban J connectivity index is 2.32. The lowest BCUT2D eigenvalue weighted by molar-refractivity contribution is 0.155. The number of piperazine rings is 1. The standard InChI is InChI=1S/C13H28N2S/c1-5-12(3)13-9-15(7-6-14-13)8-11(2)10-16-4/h11-14H,5-10H2,1-4H3. The molecule has 0 aromatic heterocycles. The van der Waals surface area contributed by atoms with Gasteiger partial charge in [-0.1, -0.05) is 27.2 Å². The molecule has 1 aliphatic rings. The molecule has 96 valence electrons. The zero-order valence-corrected chi connectivity index (χ0v) is 12.1. The van der Waals surface area contributed by atoms with E-state index in [1.165, 1.54) is 38.4 Å². The van der Waals surface area contributed by atoms with E-state index < -0.39 is 0 Å². The summed E-state index contributed by atoms with van der Waals surface area (Å²) in [6, 6.07) is 0.709. The Morgan fingerprint density at radius 3 is 2.81 bits per heavy atom. The Kier molecular flexibility index (Phi) is 6.78. The van der Waals surface area contributed by atoms with E-state index in [0.29, 0.717) is 6.04 Å². The van der Waals surface area contributed by atoms with Crippen molar-refractivity contribution < 1.29 is 0 Å². The minimum absolute atomic E-state index is 0.709. The van der Waals surface area contributed by atoms with Crippen LogP contribution in [0.2, 0.25) is 0 Å². The van der Waals surface area contributed by atoms with Crippen molar-refractivity contribution in [3.05, 3.63) is 0 Å². The third kappa shape index (κ3) is 4.64. The van der Waals surface area contributed by atoms with Gasteiger partial charge < -0.3 is 10.2 Å². The second-order valence-electron chi connectivity index (χ2n) is 5.27. The van der Waals surface area contributed by atoms with E-state index in [9.17, 15) is 0 Å². The molecule has 0 aromatic carbocycles. The fraction of sp³-hybridized carbons (Fsp3) is 1.00. The summed E-state index contributed by atoms with van der Waals surface area (Å²) in [6.07, 6.45) is 3.49. The predicted molar refractivity (Wildman–Crippen MR) is 75.2 cm³/mol. The fourth-order valence-corrected chi connectivity index (χ4v) is 3.13. The first-order valence-electron chi connectivity index (χ1n) is 6.62. The van der Waals surface area contributed by atoms with Crippen molar-refractivity contribution in [1.82, 2.24) is 10.2 Å². The van der Waals surface area contributed by atoms with Crippen LogP contribution >= 0.6 is 11.8 Å². The van der Waals surface area contributed by atoms with Gasteiger partial charge in [-0.25, -0.2) is 0 Å². The Morgan fingerprint density at radius 1 is 1.44 bits per heavy atom. The molecule has 16 heavy (non-hydrogen) atoms. The summed E-state index contributed by atoms with van der Waals surface area (Å²) < 4.78 is 0. The SMILES string of the molecule is CCC(C)C1CN(CC(C)CSC)CCN1. The summed E-state index contributed by atoms with van der Waals surface area (Å²) in [5.74, 6) is 2.92. The van der Waals surface area contributed by atoms with Crippen LogP contribution in [0.15, 0.2) is 0 Å². The Morgan fingerprint density at radius 2 is 2.19 bits per heavy atom. The summed E-state index contributed by atoms with van der Waals surface area (Å²) >= 11 is 1.97. The van der Waals surface area contributed by atoms with Crippen LogP contribution in [0.25, 0.3) is 0 Å². The molecule has 1 saturated heterocycles. The van der Waals surface area contributed by atoms with Gasteiger partial charge in [-0.2, -0.15) is 11.8 Å². The molecule has 1 rings (SSSR count). The van der Waals surface area contributed by atoms with Crippen LogP contribution < -0.4 is 5.32 Å². The first-order valence-corrected chi connectivity index (χ1v) is 8.01. The predicted octanol–water partition coefficient (Wildman–Crippen LogP) is 2.31. The van der Waals surface area contributed by atoms with E-state index in [1.807, 2.05) is 11.8 Å². The molecule has 0 aliphatic carbocycles. The van der Waals surface area contributed by atoms with E-state index in [0.717, 1.165) is 11.8 Å². The van der Waals surface area contributed by atoms with Gasteiger partial charge in [0.1, 0.15) is 0 Å². The third-order valence-electron chi connectivity index (χ3n) is 3.64. The molecule has 0 amide bonds. The van der Waals surface area contributed by atoms with E-state index in [1.54, 1.807) is 0 Å². The molecule has 0 bridgehead atoms. The molecule has 3 unspecified atom stereocenters. The van der Waals surface area contributed by atoms with E-state index in [4.69, 9.17) is 0 Å². The molecule has 0 saturated carbocycles. The quantitative estimate of drug-likeness (QED) is 0.772. The van der Waals surface area contributed by atoms with E-state index in [2.05, 4.69) is 37.2 Å². The van der Waals surface area contributed by atoms with Crippen molar-refractivity contribution >= 4 is 11.8 Å². The smallest absolute Gasteiger partial charge is 0.0221 e. The van der Waals surface area contributed by atoms with Gasteiger partial charge in [-0.3, -0.25) is 0 Å². The van der Waals surface area contributed by atoms with Crippen LogP contribution in [-0.4, -0.2) is 49.1 Å². The van der Waals surface area contributed by atoms with E-state index >= 15 is 0 Å². The lowest BCUT2D eigenvalue weighted by Crippen LogP contribution is -2.54. The first kappa shape index (κ1) is 14.3. The zero-order chi connectivity index (χ0) is 12.0. The van der Waals surface area contributed by atoms with Crippen molar-refractivity contribution in [3.63, 3.8) is 0 Å². The lowest BCUT2D eigenvalue weighted by Gasteiger charge is -2.37. The maximum atomic E-state index is 3.66. The highest BCUT2D eigenvalue weighted by Gasteiger charge is 2.23. The minimum Gasteiger partial charge on any atom is -0.311 e. The van der Waals surface area contributed by atoms with Gasteiger partial charge in [0.05, 0.1) is 0 Å². The van der Waals surface area contributed by atoms with Crippen molar-refractivity contribution in [1.29, 1.82) is 0 Å². The molecule has 1 heterocycles. The second-order valence-corrected chi connectivity index (χ2v) is 6.18. The minimum atomic E-state index is 0.709. The summed E-state index contributed by atoms with van der Waals surface area (Å²) in [5.41, 5.74) is 0. The normalized spacial score (nSPS) is 26.6. The van der Waals surface area contributed by atoms with E-state index in [-0.39, 0.29) is 0 Å². The van der Waals surface area contributed by atoms with Gasteiger partial charge in [-0.05, 0) is 23.8 Å². The first-order chi connectivity index (χ1) is 7.67. The highest BCUT2D eigenvalue weighted by Crippen LogP contribution is 2.14. The number of thioether (sulfide) groups is 1. The second kappa shape index (κ2) is 7.57. The van der Waals surface area contributed by atoms with Gasteiger partial charge >= 0.3 is 0 Å². The molecule has 0 spiro atoms. The monoisotopic (exact) mass is 244 g/mol. The number of rotatable bonds is 6. The Hall–Kier alpha value is 0.270. The molecular formula is C13H28N2S. The van der Waals surface area contributed by atoms with Gasteiger partial charge in [0.25, 0.3) is 0 Å². The molecule has 2 nitrogen and oxygen atoms in total. The molecule has 0 radical (unpaired) electrons. The average Bonchev–Trinajstić information content (AvgIpc) is 2.28. The molecular weight excluding hydrogens is 216 g/mol. The highest BCUT2D eigenvalue weighted by molar-refractivity contribution is 7.98. The van der Waals surface area contributed by atoms with Crippen LogP contribution in [0.1, 0.15) is 27.2 Å². The van der Waals surface area contributed by atoms with Gasteiger partial charge in [-0.15, -0.1) is 0 Å². The maximum absolute atomic E-state index is 3.66. The summed E-state index contributed by atoms with van der Waals surface area (Å²) in [4.78, 5) is 2.65. The lowest BCUT2D eigenvalue weighted by atomic mass is 9.97. The van der Waals surface area contributed by atoms with Crippen LogP contribution in [0.3, 0.4) is 0 Å². The zero-order valence-electron chi connectivity index (χ0n) is 11.3. The van der Waals surface area contributed by atoms with Gasteiger partial charge in [0, 0.05) is 32.2 Å². The van der Waals surface area contributed by atoms with Crippen LogP contribution in [0.5, 0.6) is 0 Å². The third-order valence-corrected chi connectivity index (χ3v) is 4.54. The van der Waals surface area contributed by atoms with Crippen molar-refractivity contribution in [3.8, 4) is 0 Å². The van der Waals surface area contributed by atoms with Crippen LogP contribution in [-0.2, 0) is 0 Å². The molecule has 3 atom stereocenters. The van der Waals surface area contributed by atoms with Crippen molar-refractivity contribution in [2.75, 3.05) is 38.2 Å². The van der Waals surface area contributed by atoms with Gasteiger partial charge in [0.15, 0.2) is 0 Å². The maximum Gasteiger partial charge on any atom is 0.0221 e. The Bertz CT molecular complexity index is 187. The molecule has 3 heteroatoms.